The molecule has 0 N–H and O–H groups in total. The van der Waals surface area contributed by atoms with Gasteiger partial charge in [0.05, 0.1) is 0 Å². The van der Waals surface area contributed by atoms with E-state index in [1.54, 1.807) is 0 Å². The van der Waals surface area contributed by atoms with E-state index < -0.39 is 0 Å². The zero-order chi connectivity index (χ0) is 14.1. The molecule has 19 heavy (non-hydrogen) atoms. The molecule has 0 fully saturated rings. The van der Waals surface area contributed by atoms with Gasteiger partial charge in [0, 0.05) is 16.8 Å². The summed E-state index contributed by atoms with van der Waals surface area (Å²) >= 11 is 5.86. The first-order valence-corrected chi connectivity index (χ1v) is 9.63. The molecule has 108 valence electrons. The van der Waals surface area contributed by atoms with Crippen molar-refractivity contribution in [2.75, 3.05) is 11.1 Å². The third-order valence-electron chi connectivity index (χ3n) is 3.77. The predicted molar refractivity (Wildman–Crippen MR) is 93.4 cm³/mol. The molecular formula is C17H27BrS. The first kappa shape index (κ1) is 17.1. The number of aryl methyl sites for hydroxylation is 1. The molecule has 0 heterocycles. The number of alkyl halides is 1. The maximum absolute atomic E-state index is 3.76. The van der Waals surface area contributed by atoms with Crippen LogP contribution in [-0.2, 0) is 5.75 Å². The van der Waals surface area contributed by atoms with Crippen molar-refractivity contribution in [1.29, 1.82) is 0 Å². The fourth-order valence-corrected chi connectivity index (χ4v) is 5.14. The summed E-state index contributed by atoms with van der Waals surface area (Å²) < 4.78 is 0. The lowest BCUT2D eigenvalue weighted by molar-refractivity contribution is 0.320. The van der Waals surface area contributed by atoms with Gasteiger partial charge in [-0.3, -0.25) is 0 Å². The minimum atomic E-state index is 0.497. The Morgan fingerprint density at radius 2 is 1.74 bits per heavy atom. The summed E-state index contributed by atoms with van der Waals surface area (Å²) in [6.07, 6.45) is 5.26. The lowest BCUT2D eigenvalue weighted by atomic mass is 9.83. The summed E-state index contributed by atoms with van der Waals surface area (Å²) in [5.41, 5.74) is 3.41. The third-order valence-corrected chi connectivity index (χ3v) is 6.29. The van der Waals surface area contributed by atoms with Gasteiger partial charge in [-0.25, -0.2) is 0 Å². The van der Waals surface area contributed by atoms with Gasteiger partial charge in [-0.1, -0.05) is 66.9 Å². The molecule has 0 nitrogen and oxygen atoms in total. The van der Waals surface area contributed by atoms with E-state index in [4.69, 9.17) is 0 Å². The van der Waals surface area contributed by atoms with Gasteiger partial charge >= 0.3 is 0 Å². The molecule has 0 aliphatic heterocycles. The fraction of sp³-hybridized carbons (Fsp3) is 0.647. The zero-order valence-electron chi connectivity index (χ0n) is 12.5. The maximum Gasteiger partial charge on any atom is 0.0187 e. The van der Waals surface area contributed by atoms with Crippen LogP contribution in [-0.4, -0.2) is 11.1 Å². The molecule has 0 unspecified atom stereocenters. The monoisotopic (exact) mass is 342 g/mol. The Balaban J connectivity index is 2.54. The summed E-state index contributed by atoms with van der Waals surface area (Å²) in [4.78, 5) is 0. The van der Waals surface area contributed by atoms with Gasteiger partial charge in [0.1, 0.15) is 0 Å². The molecule has 0 bridgehead atoms. The zero-order valence-corrected chi connectivity index (χ0v) is 14.9. The molecule has 0 saturated heterocycles. The molecular weight excluding hydrogens is 316 g/mol. The molecule has 0 spiro atoms. The van der Waals surface area contributed by atoms with E-state index in [1.807, 2.05) is 0 Å². The SMILES string of the molecule is CCCC(CBr)(CCC)CSCc1ccccc1C. The Kier molecular flexibility index (Phi) is 8.17. The van der Waals surface area contributed by atoms with Crippen molar-refractivity contribution in [2.24, 2.45) is 5.41 Å². The normalized spacial score (nSPS) is 11.8. The lowest BCUT2D eigenvalue weighted by Gasteiger charge is -2.31. The summed E-state index contributed by atoms with van der Waals surface area (Å²) in [5.74, 6) is 2.42. The van der Waals surface area contributed by atoms with E-state index in [0.717, 1.165) is 11.1 Å². The van der Waals surface area contributed by atoms with Crippen LogP contribution in [0.3, 0.4) is 0 Å². The number of thioether (sulfide) groups is 1. The van der Waals surface area contributed by atoms with E-state index >= 15 is 0 Å². The maximum atomic E-state index is 3.76. The van der Waals surface area contributed by atoms with Crippen molar-refractivity contribution in [2.45, 2.75) is 52.2 Å². The van der Waals surface area contributed by atoms with Crippen LogP contribution in [0.2, 0.25) is 0 Å². The Morgan fingerprint density at radius 1 is 1.11 bits per heavy atom. The van der Waals surface area contributed by atoms with Crippen LogP contribution >= 0.6 is 27.7 Å². The second-order valence-corrected chi connectivity index (χ2v) is 7.10. The van der Waals surface area contributed by atoms with Gasteiger partial charge in [0.25, 0.3) is 0 Å². The quantitative estimate of drug-likeness (QED) is 0.480. The number of benzene rings is 1. The van der Waals surface area contributed by atoms with Crippen LogP contribution in [0.5, 0.6) is 0 Å². The highest BCUT2D eigenvalue weighted by Gasteiger charge is 2.26. The minimum absolute atomic E-state index is 0.497. The highest BCUT2D eigenvalue weighted by Crippen LogP contribution is 2.36. The van der Waals surface area contributed by atoms with Gasteiger partial charge < -0.3 is 0 Å². The molecule has 0 saturated carbocycles. The number of rotatable bonds is 9. The van der Waals surface area contributed by atoms with E-state index in [1.165, 1.54) is 42.6 Å². The van der Waals surface area contributed by atoms with Crippen molar-refractivity contribution < 1.29 is 0 Å². The smallest absolute Gasteiger partial charge is 0.0187 e. The molecule has 0 aliphatic rings. The summed E-state index contributed by atoms with van der Waals surface area (Å²) in [7, 11) is 0. The fourth-order valence-electron chi connectivity index (χ4n) is 2.65. The molecule has 1 aromatic rings. The van der Waals surface area contributed by atoms with Crippen LogP contribution in [0.15, 0.2) is 24.3 Å². The second kappa shape index (κ2) is 9.07. The minimum Gasteiger partial charge on any atom is -0.157 e. The number of hydrogen-bond donors (Lipinski definition) is 0. The highest BCUT2D eigenvalue weighted by atomic mass is 79.9. The third kappa shape index (κ3) is 5.51. The Labute approximate surface area is 131 Å². The first-order chi connectivity index (χ1) is 9.17. The number of halogens is 1. The van der Waals surface area contributed by atoms with Crippen molar-refractivity contribution in [3.63, 3.8) is 0 Å². The summed E-state index contributed by atoms with van der Waals surface area (Å²) in [6.45, 7) is 6.82. The van der Waals surface area contributed by atoms with Crippen LogP contribution in [0.1, 0.15) is 50.7 Å². The second-order valence-electron chi connectivity index (χ2n) is 5.55. The Bertz CT molecular complexity index is 356. The number of hydrogen-bond acceptors (Lipinski definition) is 1. The molecule has 1 rings (SSSR count). The van der Waals surface area contributed by atoms with E-state index in [0.29, 0.717) is 5.41 Å². The summed E-state index contributed by atoms with van der Waals surface area (Å²) in [5, 5.41) is 1.14. The molecule has 2 heteroatoms. The predicted octanol–water partition coefficient (Wildman–Crippen LogP) is 6.21. The molecule has 0 radical (unpaired) electrons. The average molecular weight is 343 g/mol. The molecule has 0 aromatic heterocycles. The Morgan fingerprint density at radius 3 is 2.26 bits per heavy atom. The van der Waals surface area contributed by atoms with Crippen LogP contribution < -0.4 is 0 Å². The molecule has 0 amide bonds. The average Bonchev–Trinajstić information content (AvgIpc) is 2.41. The van der Waals surface area contributed by atoms with Gasteiger partial charge in [0.15, 0.2) is 0 Å². The van der Waals surface area contributed by atoms with Crippen LogP contribution in [0.4, 0.5) is 0 Å². The van der Waals surface area contributed by atoms with Crippen molar-refractivity contribution in [3.8, 4) is 0 Å². The van der Waals surface area contributed by atoms with Crippen LogP contribution in [0, 0.1) is 12.3 Å². The summed E-state index contributed by atoms with van der Waals surface area (Å²) in [6, 6.07) is 8.75. The van der Waals surface area contributed by atoms with Crippen molar-refractivity contribution in [3.05, 3.63) is 35.4 Å². The van der Waals surface area contributed by atoms with Crippen molar-refractivity contribution in [1.82, 2.24) is 0 Å². The first-order valence-electron chi connectivity index (χ1n) is 7.35. The van der Waals surface area contributed by atoms with E-state index in [9.17, 15) is 0 Å². The van der Waals surface area contributed by atoms with Gasteiger partial charge in [-0.05, 0) is 36.3 Å². The van der Waals surface area contributed by atoms with Gasteiger partial charge in [-0.2, -0.15) is 11.8 Å². The van der Waals surface area contributed by atoms with E-state index in [-0.39, 0.29) is 0 Å². The molecule has 0 atom stereocenters. The van der Waals surface area contributed by atoms with Crippen LogP contribution in [0.25, 0.3) is 0 Å². The largest absolute Gasteiger partial charge is 0.157 e. The highest BCUT2D eigenvalue weighted by molar-refractivity contribution is 9.09. The molecule has 0 aliphatic carbocycles. The standard InChI is InChI=1S/C17H27BrS/c1-4-10-17(13-18,11-5-2)14-19-12-16-9-7-6-8-15(16)3/h6-9H,4-5,10-14H2,1-3H3. The topological polar surface area (TPSA) is 0 Å². The van der Waals surface area contributed by atoms with Gasteiger partial charge in [-0.15, -0.1) is 0 Å². The lowest BCUT2D eigenvalue weighted by Crippen LogP contribution is -2.25. The molecule has 1 aromatic carbocycles. The Hall–Kier alpha value is 0.0500. The van der Waals surface area contributed by atoms with E-state index in [2.05, 4.69) is 72.7 Å². The van der Waals surface area contributed by atoms with Gasteiger partial charge in [0.2, 0.25) is 0 Å². The van der Waals surface area contributed by atoms with Crippen molar-refractivity contribution >= 4 is 27.7 Å².